The third kappa shape index (κ3) is 6.02. The molecule has 0 radical (unpaired) electrons. The number of nitrogens with one attached hydrogen (secondary N) is 2. The van der Waals surface area contributed by atoms with Gasteiger partial charge in [-0.15, -0.1) is 0 Å². The lowest BCUT2D eigenvalue weighted by molar-refractivity contribution is 0.102. The summed E-state index contributed by atoms with van der Waals surface area (Å²) in [6.45, 7) is 2.96. The van der Waals surface area contributed by atoms with Gasteiger partial charge in [-0.2, -0.15) is 5.10 Å². The van der Waals surface area contributed by atoms with E-state index in [9.17, 15) is 4.79 Å². The van der Waals surface area contributed by atoms with Crippen molar-refractivity contribution in [3.05, 3.63) is 103 Å². The van der Waals surface area contributed by atoms with Crippen LogP contribution < -0.4 is 20.3 Å². The molecule has 3 heterocycles. The van der Waals surface area contributed by atoms with E-state index in [1.54, 1.807) is 36.3 Å². The highest BCUT2D eigenvalue weighted by Gasteiger charge is 2.17. The van der Waals surface area contributed by atoms with Crippen molar-refractivity contribution in [2.75, 3.05) is 48.9 Å². The number of aromatic nitrogens is 4. The Morgan fingerprint density at radius 3 is 2.63 bits per heavy atom. The molecule has 1 aliphatic heterocycles. The van der Waals surface area contributed by atoms with Crippen LogP contribution in [0.1, 0.15) is 10.4 Å². The number of ether oxygens (including phenoxy) is 2. The van der Waals surface area contributed by atoms with Gasteiger partial charge in [-0.1, -0.05) is 36.4 Å². The molecule has 3 aromatic carbocycles. The molecular formula is C31H29N7O3. The van der Waals surface area contributed by atoms with Crippen LogP contribution in [0.5, 0.6) is 5.75 Å². The maximum Gasteiger partial charge on any atom is 0.255 e. The van der Waals surface area contributed by atoms with Gasteiger partial charge in [-0.25, -0.2) is 14.6 Å². The van der Waals surface area contributed by atoms with E-state index in [1.807, 2.05) is 72.9 Å². The van der Waals surface area contributed by atoms with Crippen LogP contribution >= 0.6 is 0 Å². The molecule has 1 aliphatic rings. The van der Waals surface area contributed by atoms with Gasteiger partial charge in [0.1, 0.15) is 5.75 Å². The highest BCUT2D eigenvalue weighted by atomic mass is 16.5. The minimum Gasteiger partial charge on any atom is -0.495 e. The lowest BCUT2D eigenvalue weighted by Crippen LogP contribution is -2.36. The highest BCUT2D eigenvalue weighted by molar-refractivity contribution is 6.04. The second kappa shape index (κ2) is 11.9. The van der Waals surface area contributed by atoms with Crippen molar-refractivity contribution < 1.29 is 14.3 Å². The van der Waals surface area contributed by atoms with Crippen LogP contribution in [0.3, 0.4) is 0 Å². The predicted molar refractivity (Wildman–Crippen MR) is 158 cm³/mol. The van der Waals surface area contributed by atoms with Gasteiger partial charge in [0.05, 0.1) is 55.5 Å². The third-order valence-electron chi connectivity index (χ3n) is 6.73. The topological polar surface area (TPSA) is 106 Å². The van der Waals surface area contributed by atoms with Gasteiger partial charge in [0.2, 0.25) is 5.95 Å². The lowest BCUT2D eigenvalue weighted by atomic mass is 10.1. The van der Waals surface area contributed by atoms with Crippen molar-refractivity contribution in [3.8, 4) is 22.7 Å². The minimum absolute atomic E-state index is 0.232. The van der Waals surface area contributed by atoms with Crippen molar-refractivity contribution in [1.29, 1.82) is 0 Å². The van der Waals surface area contributed by atoms with E-state index in [-0.39, 0.29) is 5.91 Å². The second-order valence-corrected chi connectivity index (χ2v) is 9.42. The molecule has 1 fully saturated rings. The number of nitrogens with zero attached hydrogens (tertiary/aromatic N) is 5. The zero-order valence-corrected chi connectivity index (χ0v) is 22.5. The molecule has 10 heteroatoms. The average Bonchev–Trinajstić information content (AvgIpc) is 3.50. The van der Waals surface area contributed by atoms with Crippen LogP contribution in [0.2, 0.25) is 0 Å². The first-order valence-electron chi connectivity index (χ1n) is 13.3. The Morgan fingerprint density at radius 1 is 0.951 bits per heavy atom. The summed E-state index contributed by atoms with van der Waals surface area (Å²) >= 11 is 0. The second-order valence-electron chi connectivity index (χ2n) is 9.42. The SMILES string of the molecule is COc1cc(NC(=O)c2cccc(-n3cc(Nc4nccc(-c5ccccc5)n4)cn3)c2)ccc1N1CCOCC1. The standard InChI is InChI=1S/C31H29N7O3/c1-40-29-19-24(10-11-28(29)37-14-16-41-17-15-37)34-30(39)23-8-5-9-26(18-23)38-21-25(20-33-38)35-31-32-13-12-27(36-31)22-6-3-2-4-7-22/h2-13,18-21H,14-17H2,1H3,(H,34,39)(H,32,35,36). The number of hydrogen-bond acceptors (Lipinski definition) is 8. The number of methoxy groups -OCH3 is 1. The Labute approximate surface area is 237 Å². The van der Waals surface area contributed by atoms with Gasteiger partial charge in [0.25, 0.3) is 5.91 Å². The highest BCUT2D eigenvalue weighted by Crippen LogP contribution is 2.32. The van der Waals surface area contributed by atoms with Crippen molar-refractivity contribution in [2.24, 2.45) is 0 Å². The fraction of sp³-hybridized carbons (Fsp3) is 0.161. The number of morpholine rings is 1. The van der Waals surface area contributed by atoms with Crippen molar-refractivity contribution in [1.82, 2.24) is 19.7 Å². The molecule has 206 valence electrons. The van der Waals surface area contributed by atoms with Crippen molar-refractivity contribution in [3.63, 3.8) is 0 Å². The molecule has 41 heavy (non-hydrogen) atoms. The summed E-state index contributed by atoms with van der Waals surface area (Å²) in [5.74, 6) is 0.937. The fourth-order valence-electron chi connectivity index (χ4n) is 4.66. The number of hydrogen-bond donors (Lipinski definition) is 2. The number of benzene rings is 3. The minimum atomic E-state index is -0.232. The van der Waals surface area contributed by atoms with Crippen molar-refractivity contribution in [2.45, 2.75) is 0 Å². The Hall–Kier alpha value is -5.22. The average molecular weight is 548 g/mol. The van der Waals surface area contributed by atoms with Gasteiger partial charge in [-0.3, -0.25) is 4.79 Å². The summed E-state index contributed by atoms with van der Waals surface area (Å²) in [5, 5.41) is 10.6. The number of carbonyl (C=O) groups is 1. The number of anilines is 4. The summed E-state index contributed by atoms with van der Waals surface area (Å²) in [6.07, 6.45) is 5.23. The first kappa shape index (κ1) is 26.0. The van der Waals surface area contributed by atoms with E-state index in [4.69, 9.17) is 9.47 Å². The number of rotatable bonds is 8. The molecule has 6 rings (SSSR count). The smallest absolute Gasteiger partial charge is 0.255 e. The van der Waals surface area contributed by atoms with E-state index in [2.05, 4.69) is 30.6 Å². The lowest BCUT2D eigenvalue weighted by Gasteiger charge is -2.30. The summed E-state index contributed by atoms with van der Waals surface area (Å²) in [5.41, 5.74) is 5.43. The summed E-state index contributed by atoms with van der Waals surface area (Å²) < 4.78 is 12.8. The molecule has 1 amide bonds. The van der Waals surface area contributed by atoms with Gasteiger partial charge in [0.15, 0.2) is 0 Å². The first-order chi connectivity index (χ1) is 20.2. The molecule has 10 nitrogen and oxygen atoms in total. The van der Waals surface area contributed by atoms with Crippen LogP contribution in [-0.2, 0) is 4.74 Å². The van der Waals surface area contributed by atoms with Crippen LogP contribution in [-0.4, -0.2) is 59.1 Å². The molecule has 0 saturated carbocycles. The molecule has 0 aliphatic carbocycles. The fourth-order valence-corrected chi connectivity index (χ4v) is 4.66. The maximum absolute atomic E-state index is 13.1. The third-order valence-corrected chi connectivity index (χ3v) is 6.73. The maximum atomic E-state index is 13.1. The Morgan fingerprint density at radius 2 is 1.80 bits per heavy atom. The van der Waals surface area contributed by atoms with E-state index in [1.165, 1.54) is 0 Å². The monoisotopic (exact) mass is 547 g/mol. The molecule has 0 bridgehead atoms. The Kier molecular flexibility index (Phi) is 7.55. The van der Waals surface area contributed by atoms with E-state index in [0.29, 0.717) is 36.2 Å². The zero-order valence-electron chi connectivity index (χ0n) is 22.5. The van der Waals surface area contributed by atoms with Gasteiger partial charge < -0.3 is 25.0 Å². The van der Waals surface area contributed by atoms with E-state index < -0.39 is 0 Å². The van der Waals surface area contributed by atoms with Gasteiger partial charge >= 0.3 is 0 Å². The van der Waals surface area contributed by atoms with Crippen LogP contribution in [0.4, 0.5) is 23.0 Å². The number of amides is 1. The molecule has 0 spiro atoms. The number of carbonyl (C=O) groups excluding carboxylic acids is 1. The molecule has 0 unspecified atom stereocenters. The van der Waals surface area contributed by atoms with E-state index in [0.717, 1.165) is 41.4 Å². The quantitative estimate of drug-likeness (QED) is 0.274. The normalized spacial score (nSPS) is 13.0. The van der Waals surface area contributed by atoms with E-state index >= 15 is 0 Å². The molecular weight excluding hydrogens is 518 g/mol. The van der Waals surface area contributed by atoms with Crippen LogP contribution in [0.15, 0.2) is 97.5 Å². The zero-order chi connectivity index (χ0) is 28.0. The summed E-state index contributed by atoms with van der Waals surface area (Å²) in [7, 11) is 1.63. The largest absolute Gasteiger partial charge is 0.495 e. The first-order valence-corrected chi connectivity index (χ1v) is 13.3. The molecule has 2 N–H and O–H groups in total. The summed E-state index contributed by atoms with van der Waals surface area (Å²) in [4.78, 5) is 24.3. The Balaban J connectivity index is 1.15. The molecule has 1 saturated heterocycles. The van der Waals surface area contributed by atoms with Crippen LogP contribution in [0, 0.1) is 0 Å². The Bertz CT molecular complexity index is 1650. The van der Waals surface area contributed by atoms with Gasteiger partial charge in [-0.05, 0) is 36.4 Å². The van der Waals surface area contributed by atoms with Crippen LogP contribution in [0.25, 0.3) is 16.9 Å². The molecule has 2 aromatic heterocycles. The van der Waals surface area contributed by atoms with Crippen molar-refractivity contribution >= 4 is 28.9 Å². The predicted octanol–water partition coefficient (Wildman–Crippen LogP) is 5.17. The molecule has 5 aromatic rings. The summed E-state index contributed by atoms with van der Waals surface area (Å²) in [6, 6.07) is 24.8. The van der Waals surface area contributed by atoms with Gasteiger partial charge in [0, 0.05) is 42.2 Å². The molecule has 0 atom stereocenters.